The normalized spacial score (nSPS) is 16.8. The number of morpholine rings is 1. The molecule has 0 saturated carbocycles. The fourth-order valence-corrected chi connectivity index (χ4v) is 4.54. The third-order valence-corrected chi connectivity index (χ3v) is 6.21. The molecule has 2 N–H and O–H groups in total. The Morgan fingerprint density at radius 1 is 1.05 bits per heavy atom. The van der Waals surface area contributed by atoms with Gasteiger partial charge in [-0.05, 0) is 64.4 Å². The molecule has 3 atom stereocenters. The number of para-hydroxylation sites is 2. The summed E-state index contributed by atoms with van der Waals surface area (Å²) in [6.07, 6.45) is -0.202. The Morgan fingerprint density at radius 2 is 1.74 bits per heavy atom. The molecule has 3 aromatic carbocycles. The van der Waals surface area contributed by atoms with Crippen LogP contribution in [-0.4, -0.2) is 49.8 Å². The van der Waals surface area contributed by atoms with E-state index in [-0.39, 0.29) is 29.6 Å². The van der Waals surface area contributed by atoms with Crippen LogP contribution in [0.1, 0.15) is 56.6 Å². The highest BCUT2D eigenvalue weighted by Crippen LogP contribution is 2.33. The maximum absolute atomic E-state index is 12.1. The average molecular weight is 553 g/mol. The van der Waals surface area contributed by atoms with E-state index in [0.717, 1.165) is 30.2 Å². The van der Waals surface area contributed by atoms with E-state index >= 15 is 0 Å². The lowest BCUT2D eigenvalue weighted by molar-refractivity contribution is -0.0439. The lowest BCUT2D eigenvalue weighted by Gasteiger charge is -2.32. The van der Waals surface area contributed by atoms with Gasteiger partial charge in [-0.3, -0.25) is 4.79 Å². The van der Waals surface area contributed by atoms with Crippen LogP contribution in [0.4, 0.5) is 0 Å². The van der Waals surface area contributed by atoms with Crippen molar-refractivity contribution < 1.29 is 19.0 Å². The van der Waals surface area contributed by atoms with Gasteiger partial charge in [0.05, 0.1) is 19.3 Å². The summed E-state index contributed by atoms with van der Waals surface area (Å²) in [4.78, 5) is 12.1. The van der Waals surface area contributed by atoms with Crippen molar-refractivity contribution in [3.63, 3.8) is 0 Å². The first kappa shape index (κ1) is 30.6. The molecule has 6 nitrogen and oxygen atoms in total. The van der Waals surface area contributed by atoms with Crippen molar-refractivity contribution in [1.82, 2.24) is 10.6 Å². The molecule has 1 heterocycles. The van der Waals surface area contributed by atoms with Crippen LogP contribution in [0.3, 0.4) is 0 Å². The molecule has 1 unspecified atom stereocenters. The molecule has 7 heteroatoms. The van der Waals surface area contributed by atoms with Gasteiger partial charge in [0.2, 0.25) is 0 Å². The smallest absolute Gasteiger partial charge is 0.179 e. The van der Waals surface area contributed by atoms with E-state index in [1.54, 1.807) is 24.3 Å². The molecule has 1 fully saturated rings. The van der Waals surface area contributed by atoms with E-state index in [2.05, 4.69) is 22.8 Å². The molecule has 4 rings (SSSR count). The molecule has 1 saturated heterocycles. The second-order valence-electron chi connectivity index (χ2n) is 10.4. The summed E-state index contributed by atoms with van der Waals surface area (Å²) in [5.74, 6) is 1.58. The zero-order valence-corrected chi connectivity index (χ0v) is 24.3. The molecular formula is C32H41ClN2O4. The van der Waals surface area contributed by atoms with E-state index < -0.39 is 0 Å². The van der Waals surface area contributed by atoms with Gasteiger partial charge in [-0.2, -0.15) is 0 Å². The molecule has 1 aliphatic heterocycles. The highest BCUT2D eigenvalue weighted by molar-refractivity contribution is 6.31. The van der Waals surface area contributed by atoms with E-state index in [1.165, 1.54) is 0 Å². The lowest BCUT2D eigenvalue weighted by Crippen LogP contribution is -2.46. The van der Waals surface area contributed by atoms with Crippen molar-refractivity contribution >= 4 is 17.4 Å². The van der Waals surface area contributed by atoms with E-state index in [1.807, 2.05) is 77.1 Å². The Morgan fingerprint density at radius 3 is 2.36 bits per heavy atom. The van der Waals surface area contributed by atoms with Crippen LogP contribution < -0.4 is 20.1 Å². The number of hydrogen-bond donors (Lipinski definition) is 2. The SMILES string of the molecule is CC(NC(C)(C)C)C(=O)c1cccc(Cl)c1.CCOc1ccccc1O[C@@H](c1ccccc1)[C@@H]1CNCCO1. The standard InChI is InChI=1S/C19H23NO3.C13H18ClNO/c1-2-21-16-10-6-7-11-17(16)23-19(15-8-4-3-5-9-15)18-14-20-12-13-22-18;1-9(15-13(2,3)4)12(16)10-6-5-7-11(14)8-10/h3-11,18-20H,2,12-14H2,1H3;5-9,15H,1-4H3/t18-,19-;/m0./s1. The predicted octanol–water partition coefficient (Wildman–Crippen LogP) is 6.49. The number of carbonyl (C=O) groups excluding carboxylic acids is 1. The Balaban J connectivity index is 0.000000231. The second-order valence-corrected chi connectivity index (χ2v) is 10.9. The number of ether oxygens (including phenoxy) is 3. The summed E-state index contributed by atoms with van der Waals surface area (Å²) in [5, 5.41) is 7.21. The Labute approximate surface area is 238 Å². The van der Waals surface area contributed by atoms with Crippen molar-refractivity contribution in [1.29, 1.82) is 0 Å². The molecule has 39 heavy (non-hydrogen) atoms. The molecule has 0 aromatic heterocycles. The van der Waals surface area contributed by atoms with Crippen LogP contribution in [-0.2, 0) is 4.74 Å². The zero-order chi connectivity index (χ0) is 28.3. The van der Waals surface area contributed by atoms with Crippen molar-refractivity contribution in [3.05, 3.63) is 95.0 Å². The number of Topliss-reactive ketones (excluding diaryl/α,β-unsaturated/α-hetero) is 1. The third-order valence-electron chi connectivity index (χ3n) is 5.98. The minimum atomic E-state index is -0.210. The summed E-state index contributed by atoms with van der Waals surface area (Å²) in [6, 6.07) is 24.8. The van der Waals surface area contributed by atoms with Gasteiger partial charge in [0, 0.05) is 29.2 Å². The van der Waals surface area contributed by atoms with Crippen LogP contribution in [0.15, 0.2) is 78.9 Å². The number of ketones is 1. The number of nitrogens with one attached hydrogen (secondary N) is 2. The highest BCUT2D eigenvalue weighted by Gasteiger charge is 2.28. The summed E-state index contributed by atoms with van der Waals surface area (Å²) >= 11 is 5.85. The maximum atomic E-state index is 12.1. The summed E-state index contributed by atoms with van der Waals surface area (Å²) in [5.41, 5.74) is 1.68. The summed E-state index contributed by atoms with van der Waals surface area (Å²) in [6.45, 7) is 12.9. The Kier molecular flexibility index (Phi) is 11.8. The van der Waals surface area contributed by atoms with Crippen LogP contribution in [0.2, 0.25) is 5.02 Å². The van der Waals surface area contributed by atoms with Crippen LogP contribution >= 0.6 is 11.6 Å². The van der Waals surface area contributed by atoms with Gasteiger partial charge in [0.1, 0.15) is 6.10 Å². The van der Waals surface area contributed by atoms with E-state index in [4.69, 9.17) is 25.8 Å². The minimum absolute atomic E-state index is 0.0270. The largest absolute Gasteiger partial charge is 0.490 e. The van der Waals surface area contributed by atoms with Gasteiger partial charge >= 0.3 is 0 Å². The Hall–Kier alpha value is -2.90. The third kappa shape index (κ3) is 9.97. The fourth-order valence-electron chi connectivity index (χ4n) is 4.35. The number of rotatable bonds is 9. The van der Waals surface area contributed by atoms with Gasteiger partial charge in [-0.15, -0.1) is 0 Å². The molecule has 0 radical (unpaired) electrons. The monoisotopic (exact) mass is 552 g/mol. The average Bonchev–Trinajstić information content (AvgIpc) is 2.93. The molecule has 210 valence electrons. The Bertz CT molecular complexity index is 1160. The van der Waals surface area contributed by atoms with Crippen molar-refractivity contribution in [3.8, 4) is 11.5 Å². The number of halogens is 1. The number of benzene rings is 3. The van der Waals surface area contributed by atoms with Gasteiger partial charge in [0.15, 0.2) is 23.4 Å². The van der Waals surface area contributed by atoms with Crippen molar-refractivity contribution in [2.75, 3.05) is 26.3 Å². The number of carbonyl (C=O) groups is 1. The molecule has 0 aliphatic carbocycles. The molecule has 0 bridgehead atoms. The van der Waals surface area contributed by atoms with Gasteiger partial charge < -0.3 is 24.8 Å². The fraction of sp³-hybridized carbons (Fsp3) is 0.406. The second kappa shape index (κ2) is 15.0. The summed E-state index contributed by atoms with van der Waals surface area (Å²) < 4.78 is 18.0. The first-order valence-electron chi connectivity index (χ1n) is 13.5. The first-order chi connectivity index (χ1) is 18.7. The van der Waals surface area contributed by atoms with Crippen molar-refractivity contribution in [2.24, 2.45) is 0 Å². The van der Waals surface area contributed by atoms with E-state index in [0.29, 0.717) is 23.8 Å². The molecule has 0 amide bonds. The first-order valence-corrected chi connectivity index (χ1v) is 13.9. The van der Waals surface area contributed by atoms with Crippen molar-refractivity contribution in [2.45, 2.75) is 58.4 Å². The predicted molar refractivity (Wildman–Crippen MR) is 158 cm³/mol. The highest BCUT2D eigenvalue weighted by atomic mass is 35.5. The van der Waals surface area contributed by atoms with Crippen LogP contribution in [0.5, 0.6) is 11.5 Å². The van der Waals surface area contributed by atoms with Crippen LogP contribution in [0, 0.1) is 0 Å². The molecule has 3 aromatic rings. The van der Waals surface area contributed by atoms with Gasteiger partial charge in [0.25, 0.3) is 0 Å². The molecule has 0 spiro atoms. The lowest BCUT2D eigenvalue weighted by atomic mass is 10.0. The quantitative estimate of drug-likeness (QED) is 0.296. The molecule has 1 aliphatic rings. The minimum Gasteiger partial charge on any atom is -0.490 e. The van der Waals surface area contributed by atoms with Gasteiger partial charge in [-0.25, -0.2) is 0 Å². The summed E-state index contributed by atoms with van der Waals surface area (Å²) in [7, 11) is 0. The maximum Gasteiger partial charge on any atom is 0.179 e. The topological polar surface area (TPSA) is 68.8 Å². The number of hydrogen-bond acceptors (Lipinski definition) is 6. The van der Waals surface area contributed by atoms with Crippen LogP contribution in [0.25, 0.3) is 0 Å². The van der Waals surface area contributed by atoms with E-state index in [9.17, 15) is 4.79 Å². The zero-order valence-electron chi connectivity index (χ0n) is 23.6. The molecular weight excluding hydrogens is 512 g/mol. The van der Waals surface area contributed by atoms with Gasteiger partial charge in [-0.1, -0.05) is 66.2 Å².